The molecule has 0 N–H and O–H groups in total. The number of benzene rings is 1. The van der Waals surface area contributed by atoms with E-state index in [-0.39, 0.29) is 12.7 Å². The summed E-state index contributed by atoms with van der Waals surface area (Å²) in [7, 11) is 5.18. The molecule has 1 fully saturated rings. The number of rotatable bonds is 4. The van der Waals surface area contributed by atoms with Crippen LogP contribution in [-0.4, -0.2) is 69.9 Å². The molecular formula is C17H22N2O5. The molecule has 1 aromatic carbocycles. The van der Waals surface area contributed by atoms with Gasteiger partial charge in [0.2, 0.25) is 24.2 Å². The van der Waals surface area contributed by atoms with Crippen molar-refractivity contribution in [2.75, 3.05) is 54.2 Å². The summed E-state index contributed by atoms with van der Waals surface area (Å²) in [5.41, 5.74) is 0.709. The van der Waals surface area contributed by atoms with Crippen molar-refractivity contribution in [2.24, 2.45) is 0 Å². The Morgan fingerprint density at radius 2 is 1.83 bits per heavy atom. The first-order chi connectivity index (χ1) is 11.6. The Balaban J connectivity index is 1.83. The molecule has 2 aliphatic heterocycles. The van der Waals surface area contributed by atoms with Crippen LogP contribution >= 0.6 is 0 Å². The molecule has 0 saturated carbocycles. The summed E-state index contributed by atoms with van der Waals surface area (Å²) >= 11 is 0. The standard InChI is InChI=1S/C17H22N2O5/c1-18-6-8-19(9-7-18)14(20)5-4-12-10-13(21-2)16-17(15(12)22-3)24-11-23-16/h4-5,10H,6-9,11H2,1-3H3/b5-4+. The molecule has 0 bridgehead atoms. The molecule has 24 heavy (non-hydrogen) atoms. The normalized spacial score (nSPS) is 17.4. The van der Waals surface area contributed by atoms with E-state index in [1.54, 1.807) is 32.4 Å². The van der Waals surface area contributed by atoms with E-state index in [4.69, 9.17) is 18.9 Å². The van der Waals surface area contributed by atoms with Gasteiger partial charge in [0.1, 0.15) is 0 Å². The molecule has 0 atom stereocenters. The van der Waals surface area contributed by atoms with E-state index in [1.165, 1.54) is 0 Å². The number of carbonyl (C=O) groups is 1. The van der Waals surface area contributed by atoms with Crippen molar-refractivity contribution in [2.45, 2.75) is 0 Å². The average molecular weight is 334 g/mol. The highest BCUT2D eigenvalue weighted by Gasteiger charge is 2.26. The van der Waals surface area contributed by atoms with Crippen molar-refractivity contribution < 1.29 is 23.7 Å². The lowest BCUT2D eigenvalue weighted by Crippen LogP contribution is -2.46. The summed E-state index contributed by atoms with van der Waals surface area (Å²) in [5.74, 6) is 2.10. The molecular weight excluding hydrogens is 312 g/mol. The second-order valence-corrected chi connectivity index (χ2v) is 5.73. The summed E-state index contributed by atoms with van der Waals surface area (Å²) in [4.78, 5) is 16.4. The van der Waals surface area contributed by atoms with E-state index >= 15 is 0 Å². The van der Waals surface area contributed by atoms with Gasteiger partial charge >= 0.3 is 0 Å². The molecule has 3 rings (SSSR count). The number of hydrogen-bond donors (Lipinski definition) is 0. The molecule has 2 aliphatic rings. The third-order valence-electron chi connectivity index (χ3n) is 4.24. The van der Waals surface area contributed by atoms with Crippen molar-refractivity contribution in [3.63, 3.8) is 0 Å². The van der Waals surface area contributed by atoms with Crippen LogP contribution in [0.15, 0.2) is 12.1 Å². The first kappa shape index (κ1) is 16.4. The third-order valence-corrected chi connectivity index (χ3v) is 4.24. The molecule has 1 aromatic rings. The third kappa shape index (κ3) is 3.12. The molecule has 7 nitrogen and oxygen atoms in total. The Kier molecular flexibility index (Phi) is 4.80. The number of piperazine rings is 1. The summed E-state index contributed by atoms with van der Waals surface area (Å²) in [6.07, 6.45) is 3.29. The van der Waals surface area contributed by atoms with Crippen LogP contribution in [0, 0.1) is 0 Å². The quantitative estimate of drug-likeness (QED) is 0.772. The number of carbonyl (C=O) groups excluding carboxylic acids is 1. The lowest BCUT2D eigenvalue weighted by atomic mass is 10.1. The van der Waals surface area contributed by atoms with Crippen LogP contribution in [0.4, 0.5) is 0 Å². The molecule has 2 heterocycles. The zero-order valence-corrected chi connectivity index (χ0v) is 14.2. The molecule has 1 saturated heterocycles. The molecule has 0 unspecified atom stereocenters. The van der Waals surface area contributed by atoms with Gasteiger partial charge in [0.05, 0.1) is 14.2 Å². The highest BCUT2D eigenvalue weighted by atomic mass is 16.7. The summed E-state index contributed by atoms with van der Waals surface area (Å²) in [5, 5.41) is 0. The topological polar surface area (TPSA) is 60.5 Å². The maximum atomic E-state index is 12.4. The van der Waals surface area contributed by atoms with Crippen molar-refractivity contribution in [3.8, 4) is 23.0 Å². The number of nitrogens with zero attached hydrogens (tertiary/aromatic N) is 2. The van der Waals surface area contributed by atoms with E-state index in [2.05, 4.69) is 11.9 Å². The Morgan fingerprint density at radius 3 is 2.50 bits per heavy atom. The van der Waals surface area contributed by atoms with E-state index in [1.807, 2.05) is 4.90 Å². The molecule has 130 valence electrons. The van der Waals surface area contributed by atoms with Gasteiger partial charge in [0.15, 0.2) is 11.5 Å². The van der Waals surface area contributed by atoms with Crippen LogP contribution in [0.5, 0.6) is 23.0 Å². The monoisotopic (exact) mass is 334 g/mol. The van der Waals surface area contributed by atoms with Gasteiger partial charge in [-0.05, 0) is 19.2 Å². The van der Waals surface area contributed by atoms with Gasteiger partial charge in [-0.3, -0.25) is 4.79 Å². The Labute approximate surface area is 141 Å². The van der Waals surface area contributed by atoms with Crippen molar-refractivity contribution in [1.82, 2.24) is 9.80 Å². The molecule has 0 radical (unpaired) electrons. The van der Waals surface area contributed by atoms with Gasteiger partial charge in [0, 0.05) is 37.8 Å². The summed E-state index contributed by atoms with van der Waals surface area (Å²) in [6.45, 7) is 3.37. The number of ether oxygens (including phenoxy) is 4. The second kappa shape index (κ2) is 7.00. The minimum atomic E-state index is -0.0122. The predicted octanol–water partition coefficient (Wildman–Crippen LogP) is 1.22. The Morgan fingerprint density at radius 1 is 1.12 bits per heavy atom. The summed E-state index contributed by atoms with van der Waals surface area (Å²) < 4.78 is 21.7. The van der Waals surface area contributed by atoms with Crippen molar-refractivity contribution >= 4 is 12.0 Å². The van der Waals surface area contributed by atoms with Gasteiger partial charge in [-0.25, -0.2) is 0 Å². The van der Waals surface area contributed by atoms with Gasteiger partial charge in [-0.15, -0.1) is 0 Å². The van der Waals surface area contributed by atoms with Crippen molar-refractivity contribution in [3.05, 3.63) is 17.7 Å². The smallest absolute Gasteiger partial charge is 0.246 e. The fourth-order valence-electron chi connectivity index (χ4n) is 2.81. The minimum absolute atomic E-state index is 0.0122. The Bertz CT molecular complexity index is 651. The van der Waals surface area contributed by atoms with Crippen molar-refractivity contribution in [1.29, 1.82) is 0 Å². The van der Waals surface area contributed by atoms with E-state index < -0.39 is 0 Å². The molecule has 1 amide bonds. The van der Waals surface area contributed by atoms with Crippen LogP contribution in [0.25, 0.3) is 6.08 Å². The zero-order chi connectivity index (χ0) is 17.1. The fraction of sp³-hybridized carbons (Fsp3) is 0.471. The fourth-order valence-corrected chi connectivity index (χ4v) is 2.81. The largest absolute Gasteiger partial charge is 0.493 e. The predicted molar refractivity (Wildman–Crippen MR) is 88.8 cm³/mol. The zero-order valence-electron chi connectivity index (χ0n) is 14.2. The molecule has 0 spiro atoms. The highest BCUT2D eigenvalue weighted by Crippen LogP contribution is 2.49. The minimum Gasteiger partial charge on any atom is -0.493 e. The first-order valence-electron chi connectivity index (χ1n) is 7.84. The summed E-state index contributed by atoms with van der Waals surface area (Å²) in [6, 6.07) is 1.78. The SMILES string of the molecule is COc1cc(/C=C/C(=O)N2CCN(C)CC2)c(OC)c2c1OCO2. The molecule has 0 aliphatic carbocycles. The number of methoxy groups -OCH3 is 2. The number of likely N-dealkylation sites (N-methyl/N-ethyl adjacent to an activating group) is 1. The highest BCUT2D eigenvalue weighted by molar-refractivity contribution is 5.92. The van der Waals surface area contributed by atoms with Gasteiger partial charge < -0.3 is 28.7 Å². The Hall–Kier alpha value is -2.41. The number of hydrogen-bond acceptors (Lipinski definition) is 6. The maximum Gasteiger partial charge on any atom is 0.246 e. The van der Waals surface area contributed by atoms with Gasteiger partial charge in [-0.2, -0.15) is 0 Å². The average Bonchev–Trinajstić information content (AvgIpc) is 3.08. The van der Waals surface area contributed by atoms with Crippen LogP contribution < -0.4 is 18.9 Å². The van der Waals surface area contributed by atoms with E-state index in [0.717, 1.165) is 26.2 Å². The van der Waals surface area contributed by atoms with Crippen LogP contribution in [0.1, 0.15) is 5.56 Å². The van der Waals surface area contributed by atoms with E-state index in [9.17, 15) is 4.79 Å². The first-order valence-corrected chi connectivity index (χ1v) is 7.84. The number of amides is 1. The van der Waals surface area contributed by atoms with Crippen LogP contribution in [0.3, 0.4) is 0 Å². The van der Waals surface area contributed by atoms with E-state index in [0.29, 0.717) is 28.6 Å². The molecule has 7 heteroatoms. The lowest BCUT2D eigenvalue weighted by Gasteiger charge is -2.31. The molecule has 0 aromatic heterocycles. The van der Waals surface area contributed by atoms with Gasteiger partial charge in [-0.1, -0.05) is 0 Å². The lowest BCUT2D eigenvalue weighted by molar-refractivity contribution is -0.127. The maximum absolute atomic E-state index is 12.4. The number of fused-ring (bicyclic) bond motifs is 1. The van der Waals surface area contributed by atoms with Gasteiger partial charge in [0.25, 0.3) is 0 Å². The van der Waals surface area contributed by atoms with Crippen LogP contribution in [0.2, 0.25) is 0 Å². The van der Waals surface area contributed by atoms with Crippen LogP contribution in [-0.2, 0) is 4.79 Å². The second-order valence-electron chi connectivity index (χ2n) is 5.73.